The smallest absolute Gasteiger partial charge is 0.144 e. The number of aryl methyl sites for hydroxylation is 3. The van der Waals surface area contributed by atoms with Crippen molar-refractivity contribution in [3.63, 3.8) is 0 Å². The Labute approximate surface area is 178 Å². The number of imidazole rings is 1. The normalized spacial score (nSPS) is 11.4. The lowest BCUT2D eigenvalue weighted by atomic mass is 9.81. The SMILES string of the molecule is CC.Cc1cc(C)c(-n2ccnc2-c2ccc(C(C)C)cc2C(C)(C)C)c(C)c1. The van der Waals surface area contributed by atoms with E-state index < -0.39 is 0 Å². The van der Waals surface area contributed by atoms with Crippen LogP contribution < -0.4 is 0 Å². The van der Waals surface area contributed by atoms with Crippen molar-refractivity contribution in [1.82, 2.24) is 9.55 Å². The standard InChI is InChI=1S/C25H32N2.C2H6/c1-16(2)20-9-10-21(22(15-20)25(6,7)8)24-26-11-12-27(24)23-18(4)13-17(3)14-19(23)5;1-2/h9-16H,1-8H3;1-2H3. The van der Waals surface area contributed by atoms with Crippen molar-refractivity contribution in [2.24, 2.45) is 0 Å². The van der Waals surface area contributed by atoms with Crippen molar-refractivity contribution in [1.29, 1.82) is 0 Å². The van der Waals surface area contributed by atoms with Gasteiger partial charge < -0.3 is 0 Å². The Kier molecular flexibility index (Phi) is 7.11. The quantitative estimate of drug-likeness (QED) is 0.444. The molecule has 0 saturated carbocycles. The zero-order chi connectivity index (χ0) is 21.9. The van der Waals surface area contributed by atoms with Gasteiger partial charge >= 0.3 is 0 Å². The molecular weight excluding hydrogens is 352 g/mol. The third-order valence-electron chi connectivity index (χ3n) is 5.28. The zero-order valence-electron chi connectivity index (χ0n) is 20.0. The van der Waals surface area contributed by atoms with Crippen molar-refractivity contribution in [2.75, 3.05) is 0 Å². The molecule has 2 heteroatoms. The predicted octanol–water partition coefficient (Wildman–Crippen LogP) is 7.91. The molecule has 2 aromatic carbocycles. The van der Waals surface area contributed by atoms with Crippen LogP contribution in [0.1, 0.15) is 82.2 Å². The van der Waals surface area contributed by atoms with Gasteiger partial charge in [0.25, 0.3) is 0 Å². The molecule has 0 N–H and O–H groups in total. The van der Waals surface area contributed by atoms with Gasteiger partial charge in [-0.3, -0.25) is 4.57 Å². The van der Waals surface area contributed by atoms with E-state index in [0.717, 1.165) is 5.82 Å². The minimum Gasteiger partial charge on any atom is -0.299 e. The summed E-state index contributed by atoms with van der Waals surface area (Å²) in [5.74, 6) is 1.53. The molecule has 3 rings (SSSR count). The number of rotatable bonds is 3. The van der Waals surface area contributed by atoms with E-state index in [4.69, 9.17) is 4.98 Å². The van der Waals surface area contributed by atoms with Crippen LogP contribution in [0.15, 0.2) is 42.7 Å². The lowest BCUT2D eigenvalue weighted by molar-refractivity contribution is 0.589. The van der Waals surface area contributed by atoms with E-state index in [2.05, 4.69) is 96.5 Å². The predicted molar refractivity (Wildman–Crippen MR) is 127 cm³/mol. The highest BCUT2D eigenvalue weighted by molar-refractivity contribution is 5.67. The molecule has 3 aromatic rings. The first kappa shape index (κ1) is 22.9. The fourth-order valence-corrected chi connectivity index (χ4v) is 3.97. The number of nitrogens with zero attached hydrogens (tertiary/aromatic N) is 2. The van der Waals surface area contributed by atoms with E-state index in [1.165, 1.54) is 39.1 Å². The third-order valence-corrected chi connectivity index (χ3v) is 5.28. The van der Waals surface area contributed by atoms with Crippen molar-refractivity contribution in [2.45, 2.75) is 80.6 Å². The van der Waals surface area contributed by atoms with Gasteiger partial charge in [0.05, 0.1) is 5.69 Å². The Morgan fingerprint density at radius 2 is 1.48 bits per heavy atom. The van der Waals surface area contributed by atoms with Gasteiger partial charge in [0.2, 0.25) is 0 Å². The largest absolute Gasteiger partial charge is 0.299 e. The summed E-state index contributed by atoms with van der Waals surface area (Å²) in [7, 11) is 0. The summed E-state index contributed by atoms with van der Waals surface area (Å²) in [6, 6.07) is 11.4. The van der Waals surface area contributed by atoms with Crippen molar-refractivity contribution < 1.29 is 0 Å². The highest BCUT2D eigenvalue weighted by atomic mass is 15.1. The molecule has 0 bridgehead atoms. The summed E-state index contributed by atoms with van der Waals surface area (Å²) >= 11 is 0. The van der Waals surface area contributed by atoms with E-state index in [0.29, 0.717) is 5.92 Å². The minimum atomic E-state index is 0.0500. The molecule has 0 aliphatic rings. The van der Waals surface area contributed by atoms with E-state index in [1.54, 1.807) is 0 Å². The van der Waals surface area contributed by atoms with Gasteiger partial charge in [-0.15, -0.1) is 0 Å². The topological polar surface area (TPSA) is 17.8 Å². The van der Waals surface area contributed by atoms with Gasteiger partial charge in [-0.2, -0.15) is 0 Å². The molecule has 0 radical (unpaired) electrons. The van der Waals surface area contributed by atoms with Gasteiger partial charge in [0.15, 0.2) is 0 Å². The van der Waals surface area contributed by atoms with E-state index in [9.17, 15) is 0 Å². The summed E-state index contributed by atoms with van der Waals surface area (Å²) in [6.07, 6.45) is 4.00. The van der Waals surface area contributed by atoms with Gasteiger partial charge in [0, 0.05) is 18.0 Å². The van der Waals surface area contributed by atoms with Crippen LogP contribution in [0.5, 0.6) is 0 Å². The Bertz CT molecular complexity index is 945. The lowest BCUT2D eigenvalue weighted by Crippen LogP contribution is -2.15. The number of aromatic nitrogens is 2. The second-order valence-electron chi connectivity index (χ2n) is 9.08. The number of hydrogen-bond acceptors (Lipinski definition) is 1. The molecule has 2 nitrogen and oxygen atoms in total. The second kappa shape index (κ2) is 8.98. The molecule has 156 valence electrons. The Hall–Kier alpha value is -2.35. The molecule has 0 aliphatic heterocycles. The van der Waals surface area contributed by atoms with Crippen LogP contribution in [0.25, 0.3) is 17.1 Å². The molecule has 1 heterocycles. The van der Waals surface area contributed by atoms with Crippen LogP contribution in [0.4, 0.5) is 0 Å². The molecular formula is C27H38N2. The molecule has 0 spiro atoms. The molecule has 0 atom stereocenters. The average Bonchev–Trinajstić information content (AvgIpc) is 3.10. The maximum absolute atomic E-state index is 4.78. The maximum atomic E-state index is 4.78. The summed E-state index contributed by atoms with van der Waals surface area (Å²) in [6.45, 7) is 21.9. The molecule has 0 saturated heterocycles. The summed E-state index contributed by atoms with van der Waals surface area (Å²) in [4.78, 5) is 4.78. The minimum absolute atomic E-state index is 0.0500. The number of hydrogen-bond donors (Lipinski definition) is 0. The van der Waals surface area contributed by atoms with Crippen LogP contribution in [-0.4, -0.2) is 9.55 Å². The molecule has 0 aliphatic carbocycles. The van der Waals surface area contributed by atoms with Crippen molar-refractivity contribution in [3.05, 3.63) is 70.5 Å². The summed E-state index contributed by atoms with van der Waals surface area (Å²) < 4.78 is 2.25. The van der Waals surface area contributed by atoms with Gasteiger partial charge in [-0.25, -0.2) is 4.98 Å². The average molecular weight is 391 g/mol. The first-order valence-electron chi connectivity index (χ1n) is 10.9. The second-order valence-corrected chi connectivity index (χ2v) is 9.08. The highest BCUT2D eigenvalue weighted by Gasteiger charge is 2.23. The highest BCUT2D eigenvalue weighted by Crippen LogP contribution is 2.36. The summed E-state index contributed by atoms with van der Waals surface area (Å²) in [5, 5.41) is 0. The Morgan fingerprint density at radius 1 is 0.897 bits per heavy atom. The lowest BCUT2D eigenvalue weighted by Gasteiger charge is -2.25. The molecule has 0 amide bonds. The van der Waals surface area contributed by atoms with E-state index in [-0.39, 0.29) is 5.41 Å². The third kappa shape index (κ3) is 4.80. The zero-order valence-corrected chi connectivity index (χ0v) is 20.0. The molecule has 29 heavy (non-hydrogen) atoms. The molecule has 1 aromatic heterocycles. The Morgan fingerprint density at radius 3 is 2.00 bits per heavy atom. The van der Waals surface area contributed by atoms with Crippen LogP contribution in [-0.2, 0) is 5.41 Å². The van der Waals surface area contributed by atoms with Crippen LogP contribution in [0.3, 0.4) is 0 Å². The van der Waals surface area contributed by atoms with Gasteiger partial charge in [0.1, 0.15) is 5.82 Å². The fraction of sp³-hybridized carbons (Fsp3) is 0.444. The fourth-order valence-electron chi connectivity index (χ4n) is 3.97. The van der Waals surface area contributed by atoms with E-state index in [1.807, 2.05) is 20.0 Å². The van der Waals surface area contributed by atoms with Crippen LogP contribution in [0, 0.1) is 20.8 Å². The van der Waals surface area contributed by atoms with Crippen molar-refractivity contribution in [3.8, 4) is 17.1 Å². The van der Waals surface area contributed by atoms with Crippen LogP contribution >= 0.6 is 0 Å². The van der Waals surface area contributed by atoms with Crippen LogP contribution in [0.2, 0.25) is 0 Å². The first-order valence-corrected chi connectivity index (χ1v) is 10.9. The Balaban J connectivity index is 0.00000145. The van der Waals surface area contributed by atoms with E-state index >= 15 is 0 Å². The number of benzene rings is 2. The van der Waals surface area contributed by atoms with Crippen molar-refractivity contribution >= 4 is 0 Å². The molecule has 0 unspecified atom stereocenters. The monoisotopic (exact) mass is 390 g/mol. The van der Waals surface area contributed by atoms with Gasteiger partial charge in [-0.05, 0) is 54.4 Å². The maximum Gasteiger partial charge on any atom is 0.144 e. The first-order chi connectivity index (χ1) is 13.6. The van der Waals surface area contributed by atoms with Gasteiger partial charge in [-0.1, -0.05) is 84.4 Å². The molecule has 0 fully saturated rings. The summed E-state index contributed by atoms with van der Waals surface area (Å²) in [5.41, 5.74) is 9.09.